The molecule has 1 fully saturated rings. The highest BCUT2D eigenvalue weighted by Crippen LogP contribution is 2.54. The van der Waals surface area contributed by atoms with Gasteiger partial charge in [-0.1, -0.05) is 74.0 Å². The fourth-order valence-electron chi connectivity index (χ4n) is 4.39. The summed E-state index contributed by atoms with van der Waals surface area (Å²) in [6.45, 7) is 4.16. The van der Waals surface area contributed by atoms with Crippen molar-refractivity contribution in [3.8, 4) is 0 Å². The Labute approximate surface area is 161 Å². The van der Waals surface area contributed by atoms with Crippen LogP contribution in [0, 0.1) is 17.8 Å². The number of hydrogen-bond acceptors (Lipinski definition) is 4. The van der Waals surface area contributed by atoms with Crippen LogP contribution >= 0.6 is 0 Å². The predicted octanol–water partition coefficient (Wildman–Crippen LogP) is 4.31. The van der Waals surface area contributed by atoms with Crippen molar-refractivity contribution in [2.75, 3.05) is 13.4 Å². The number of aliphatic hydroxyl groups excluding tert-OH is 1. The van der Waals surface area contributed by atoms with E-state index < -0.39 is 0 Å². The SMILES string of the molecule is CC[C@@H]1[C@H](COCO)[C@@H](c2ccccc2)[C@@H]1C(=O)O[C@@H](C)c1ccccc1. The Morgan fingerprint density at radius 2 is 1.67 bits per heavy atom. The highest BCUT2D eigenvalue weighted by molar-refractivity contribution is 5.76. The molecular formula is C23H28O4. The predicted molar refractivity (Wildman–Crippen MR) is 104 cm³/mol. The van der Waals surface area contributed by atoms with Crippen molar-refractivity contribution < 1.29 is 19.4 Å². The molecule has 5 atom stereocenters. The van der Waals surface area contributed by atoms with Crippen molar-refractivity contribution in [2.45, 2.75) is 32.3 Å². The summed E-state index contributed by atoms with van der Waals surface area (Å²) < 4.78 is 11.2. The van der Waals surface area contributed by atoms with Gasteiger partial charge in [0.25, 0.3) is 0 Å². The fraction of sp³-hybridized carbons (Fsp3) is 0.435. The molecule has 4 nitrogen and oxygen atoms in total. The van der Waals surface area contributed by atoms with Gasteiger partial charge in [-0.3, -0.25) is 4.79 Å². The quantitative estimate of drug-likeness (QED) is 0.557. The van der Waals surface area contributed by atoms with Gasteiger partial charge in [-0.2, -0.15) is 0 Å². The first-order valence-corrected chi connectivity index (χ1v) is 9.66. The summed E-state index contributed by atoms with van der Waals surface area (Å²) in [6.07, 6.45) is 0.600. The van der Waals surface area contributed by atoms with E-state index in [1.54, 1.807) is 0 Å². The van der Waals surface area contributed by atoms with Crippen LogP contribution < -0.4 is 0 Å². The van der Waals surface area contributed by atoms with Gasteiger partial charge >= 0.3 is 5.97 Å². The molecule has 0 heterocycles. The lowest BCUT2D eigenvalue weighted by atomic mass is 9.54. The molecule has 0 bridgehead atoms. The van der Waals surface area contributed by atoms with E-state index in [0.29, 0.717) is 6.61 Å². The largest absolute Gasteiger partial charge is 0.458 e. The maximum Gasteiger partial charge on any atom is 0.310 e. The minimum atomic E-state index is -0.297. The second kappa shape index (κ2) is 9.16. The molecule has 2 aromatic carbocycles. The molecule has 1 aliphatic rings. The number of aliphatic hydroxyl groups is 1. The average molecular weight is 368 g/mol. The van der Waals surface area contributed by atoms with Crippen molar-refractivity contribution in [2.24, 2.45) is 17.8 Å². The van der Waals surface area contributed by atoms with E-state index in [2.05, 4.69) is 19.1 Å². The first-order chi connectivity index (χ1) is 13.2. The van der Waals surface area contributed by atoms with Crippen molar-refractivity contribution in [3.63, 3.8) is 0 Å². The second-order valence-corrected chi connectivity index (χ2v) is 7.19. The number of carbonyl (C=O) groups is 1. The molecule has 1 saturated carbocycles. The van der Waals surface area contributed by atoms with Crippen LogP contribution in [-0.4, -0.2) is 24.5 Å². The van der Waals surface area contributed by atoms with Gasteiger partial charge in [0.05, 0.1) is 12.5 Å². The topological polar surface area (TPSA) is 55.8 Å². The monoisotopic (exact) mass is 368 g/mol. The first-order valence-electron chi connectivity index (χ1n) is 9.66. The third-order valence-electron chi connectivity index (χ3n) is 5.75. The number of carbonyl (C=O) groups excluding carboxylic acids is 1. The first kappa shape index (κ1) is 19.6. The van der Waals surface area contributed by atoms with Gasteiger partial charge < -0.3 is 14.6 Å². The molecule has 0 saturated heterocycles. The van der Waals surface area contributed by atoms with Crippen LogP contribution in [0.25, 0.3) is 0 Å². The van der Waals surface area contributed by atoms with Gasteiger partial charge in [0.2, 0.25) is 0 Å². The van der Waals surface area contributed by atoms with Crippen LogP contribution in [0.5, 0.6) is 0 Å². The standard InChI is InChI=1S/C23H28O4/c1-3-19-20(14-26-15-24)21(18-12-8-5-9-13-18)22(19)23(25)27-16(2)17-10-6-4-7-11-17/h4-13,16,19-22,24H,3,14-15H2,1-2H3/t16-,19+,20-,21+,22+/m0/s1. The molecular weight excluding hydrogens is 340 g/mol. The summed E-state index contributed by atoms with van der Waals surface area (Å²) in [5.74, 6) is 0.118. The van der Waals surface area contributed by atoms with E-state index in [1.807, 2.05) is 55.5 Å². The molecule has 0 unspecified atom stereocenters. The van der Waals surface area contributed by atoms with E-state index in [-0.39, 0.29) is 42.5 Å². The number of benzene rings is 2. The molecule has 0 radical (unpaired) electrons. The van der Waals surface area contributed by atoms with Gasteiger partial charge in [0, 0.05) is 5.92 Å². The van der Waals surface area contributed by atoms with Crippen molar-refractivity contribution in [1.29, 1.82) is 0 Å². The lowest BCUT2D eigenvalue weighted by Crippen LogP contribution is -2.51. The van der Waals surface area contributed by atoms with Gasteiger partial charge in [-0.25, -0.2) is 0 Å². The normalized spacial score (nSPS) is 25.4. The highest BCUT2D eigenvalue weighted by Gasteiger charge is 2.54. The molecule has 27 heavy (non-hydrogen) atoms. The number of rotatable bonds is 8. The minimum absolute atomic E-state index is 0.0539. The Morgan fingerprint density at radius 1 is 1.04 bits per heavy atom. The molecule has 144 valence electrons. The maximum atomic E-state index is 13.1. The molecule has 3 rings (SSSR count). The second-order valence-electron chi connectivity index (χ2n) is 7.19. The van der Waals surface area contributed by atoms with Crippen LogP contribution in [0.4, 0.5) is 0 Å². The fourth-order valence-corrected chi connectivity index (χ4v) is 4.39. The summed E-state index contributed by atoms with van der Waals surface area (Å²) >= 11 is 0. The van der Waals surface area contributed by atoms with E-state index >= 15 is 0 Å². The van der Waals surface area contributed by atoms with Crippen LogP contribution in [0.1, 0.15) is 43.4 Å². The van der Waals surface area contributed by atoms with E-state index in [9.17, 15) is 4.79 Å². The minimum Gasteiger partial charge on any atom is -0.458 e. The zero-order chi connectivity index (χ0) is 19.2. The molecule has 4 heteroatoms. The Morgan fingerprint density at radius 3 is 2.26 bits per heavy atom. The Bertz CT molecular complexity index is 716. The summed E-state index contributed by atoms with van der Waals surface area (Å²) in [5, 5.41) is 9.06. The molecule has 0 amide bonds. The highest BCUT2D eigenvalue weighted by atomic mass is 16.6. The van der Waals surface area contributed by atoms with Crippen LogP contribution in [0.3, 0.4) is 0 Å². The van der Waals surface area contributed by atoms with E-state index in [1.165, 1.54) is 0 Å². The molecule has 2 aromatic rings. The van der Waals surface area contributed by atoms with Gasteiger partial charge in [-0.15, -0.1) is 0 Å². The summed E-state index contributed by atoms with van der Waals surface area (Å²) in [5.41, 5.74) is 2.12. The van der Waals surface area contributed by atoms with Gasteiger partial charge in [0.1, 0.15) is 12.9 Å². The zero-order valence-corrected chi connectivity index (χ0v) is 16.0. The van der Waals surface area contributed by atoms with Crippen molar-refractivity contribution in [1.82, 2.24) is 0 Å². The smallest absolute Gasteiger partial charge is 0.310 e. The van der Waals surface area contributed by atoms with E-state index in [0.717, 1.165) is 17.5 Å². The zero-order valence-electron chi connectivity index (χ0n) is 16.0. The Kier molecular flexibility index (Phi) is 6.64. The third-order valence-corrected chi connectivity index (χ3v) is 5.75. The summed E-state index contributed by atoms with van der Waals surface area (Å²) in [4.78, 5) is 13.1. The van der Waals surface area contributed by atoms with Crippen molar-refractivity contribution in [3.05, 3.63) is 71.8 Å². The summed E-state index contributed by atoms with van der Waals surface area (Å²) in [7, 11) is 0. The van der Waals surface area contributed by atoms with Gasteiger partial charge in [-0.05, 0) is 29.9 Å². The molecule has 0 aromatic heterocycles. The van der Waals surface area contributed by atoms with E-state index in [4.69, 9.17) is 14.6 Å². The third kappa shape index (κ3) is 4.23. The summed E-state index contributed by atoms with van der Waals surface area (Å²) in [6, 6.07) is 19.9. The number of esters is 1. The van der Waals surface area contributed by atoms with Crippen LogP contribution in [0.2, 0.25) is 0 Å². The lowest BCUT2D eigenvalue weighted by molar-refractivity contribution is -0.170. The van der Waals surface area contributed by atoms with Gasteiger partial charge in [0.15, 0.2) is 0 Å². The molecule has 0 spiro atoms. The average Bonchev–Trinajstić information content (AvgIpc) is 2.69. The lowest BCUT2D eigenvalue weighted by Gasteiger charge is -2.51. The molecule has 1 aliphatic carbocycles. The molecule has 1 N–H and O–H groups in total. The number of hydrogen-bond donors (Lipinski definition) is 1. The Balaban J connectivity index is 1.79. The van der Waals surface area contributed by atoms with Crippen LogP contribution in [-0.2, 0) is 14.3 Å². The van der Waals surface area contributed by atoms with Crippen LogP contribution in [0.15, 0.2) is 60.7 Å². The Hall–Kier alpha value is -2.17. The number of ether oxygens (including phenoxy) is 2. The maximum absolute atomic E-state index is 13.1. The molecule has 0 aliphatic heterocycles. The van der Waals surface area contributed by atoms with Crippen molar-refractivity contribution >= 4 is 5.97 Å².